The maximum atomic E-state index is 13.3. The van der Waals surface area contributed by atoms with Crippen LogP contribution in [0.5, 0.6) is 0 Å². The molecule has 1 N–H and O–H groups in total. The van der Waals surface area contributed by atoms with Gasteiger partial charge in [0.25, 0.3) is 0 Å². The fraction of sp³-hybridized carbons (Fsp3) is 0.500. The molecule has 6 heteroatoms. The summed E-state index contributed by atoms with van der Waals surface area (Å²) < 4.78 is 26.2. The fourth-order valence-corrected chi connectivity index (χ4v) is 1.92. The van der Waals surface area contributed by atoms with Crippen molar-refractivity contribution in [1.29, 1.82) is 0 Å². The van der Waals surface area contributed by atoms with Crippen LogP contribution in [0, 0.1) is 17.6 Å². The van der Waals surface area contributed by atoms with Crippen LogP contribution in [0.2, 0.25) is 0 Å². The van der Waals surface area contributed by atoms with Crippen molar-refractivity contribution in [2.45, 2.75) is 33.6 Å². The molecule has 1 rings (SSSR count). The van der Waals surface area contributed by atoms with Crippen molar-refractivity contribution < 1.29 is 18.4 Å². The van der Waals surface area contributed by atoms with Crippen LogP contribution < -0.4 is 10.2 Å². The first-order chi connectivity index (χ1) is 10.3. The van der Waals surface area contributed by atoms with E-state index in [0.29, 0.717) is 12.5 Å². The molecule has 0 unspecified atom stereocenters. The average molecular weight is 312 g/mol. The molecule has 0 aromatic heterocycles. The van der Waals surface area contributed by atoms with E-state index >= 15 is 0 Å². The molecule has 4 nitrogen and oxygen atoms in total. The van der Waals surface area contributed by atoms with Crippen LogP contribution in [0.3, 0.4) is 0 Å². The lowest BCUT2D eigenvalue weighted by Crippen LogP contribution is -2.34. The van der Waals surface area contributed by atoms with Gasteiger partial charge in [-0.05, 0) is 24.5 Å². The number of hydrogen-bond acceptors (Lipinski definition) is 2. The lowest BCUT2D eigenvalue weighted by Gasteiger charge is -2.21. The highest BCUT2D eigenvalue weighted by molar-refractivity contribution is 5.92. The molecule has 2 amide bonds. The van der Waals surface area contributed by atoms with E-state index in [1.165, 1.54) is 17.9 Å². The number of anilines is 1. The van der Waals surface area contributed by atoms with Gasteiger partial charge in [0.15, 0.2) is 11.6 Å². The SMILES string of the molecule is CC(=O)N(CCC(=O)NCCC(C)C)c1ccc(F)c(F)c1. The predicted molar refractivity (Wildman–Crippen MR) is 81.5 cm³/mol. The number of hydrogen-bond donors (Lipinski definition) is 1. The Morgan fingerprint density at radius 3 is 2.45 bits per heavy atom. The second kappa shape index (κ2) is 8.46. The normalized spacial score (nSPS) is 10.6. The molecule has 22 heavy (non-hydrogen) atoms. The molecule has 0 saturated carbocycles. The zero-order valence-corrected chi connectivity index (χ0v) is 13.2. The lowest BCUT2D eigenvalue weighted by atomic mass is 10.1. The minimum Gasteiger partial charge on any atom is -0.356 e. The zero-order valence-electron chi connectivity index (χ0n) is 13.2. The number of nitrogens with zero attached hydrogens (tertiary/aromatic N) is 1. The standard InChI is InChI=1S/C16H22F2N2O2/c1-11(2)6-8-19-16(22)7-9-20(12(3)21)13-4-5-14(17)15(18)10-13/h4-5,10-11H,6-9H2,1-3H3,(H,19,22). The summed E-state index contributed by atoms with van der Waals surface area (Å²) in [6, 6.07) is 3.23. The highest BCUT2D eigenvalue weighted by atomic mass is 19.2. The maximum absolute atomic E-state index is 13.3. The maximum Gasteiger partial charge on any atom is 0.223 e. The van der Waals surface area contributed by atoms with Crippen LogP contribution in [0.25, 0.3) is 0 Å². The number of carbonyl (C=O) groups excluding carboxylic acids is 2. The average Bonchev–Trinajstić information content (AvgIpc) is 2.42. The fourth-order valence-electron chi connectivity index (χ4n) is 1.92. The largest absolute Gasteiger partial charge is 0.356 e. The molecule has 0 saturated heterocycles. The first-order valence-electron chi connectivity index (χ1n) is 7.31. The summed E-state index contributed by atoms with van der Waals surface area (Å²) in [5.74, 6) is -2.00. The predicted octanol–water partition coefficient (Wildman–Crippen LogP) is 2.87. The molecule has 122 valence electrons. The van der Waals surface area contributed by atoms with Crippen molar-refractivity contribution in [3.63, 3.8) is 0 Å². The smallest absolute Gasteiger partial charge is 0.223 e. The van der Waals surface area contributed by atoms with E-state index in [-0.39, 0.29) is 30.5 Å². The van der Waals surface area contributed by atoms with Gasteiger partial charge in [-0.25, -0.2) is 8.78 Å². The van der Waals surface area contributed by atoms with Gasteiger partial charge >= 0.3 is 0 Å². The molecule has 0 atom stereocenters. The van der Waals surface area contributed by atoms with Gasteiger partial charge in [0.1, 0.15) is 0 Å². The molecule has 0 heterocycles. The van der Waals surface area contributed by atoms with E-state index in [1.54, 1.807) is 0 Å². The summed E-state index contributed by atoms with van der Waals surface area (Å²) in [5, 5.41) is 2.77. The molecule has 0 spiro atoms. The van der Waals surface area contributed by atoms with Crippen LogP contribution in [-0.2, 0) is 9.59 Å². The summed E-state index contributed by atoms with van der Waals surface area (Å²) in [7, 11) is 0. The van der Waals surface area contributed by atoms with Crippen LogP contribution in [-0.4, -0.2) is 24.9 Å². The van der Waals surface area contributed by atoms with Crippen molar-refractivity contribution in [3.05, 3.63) is 29.8 Å². The first kappa shape index (κ1) is 18.1. The Hall–Kier alpha value is -1.98. The van der Waals surface area contributed by atoms with Crippen molar-refractivity contribution in [3.8, 4) is 0 Å². The van der Waals surface area contributed by atoms with Crippen molar-refractivity contribution in [2.24, 2.45) is 5.92 Å². The number of benzene rings is 1. The Balaban J connectivity index is 2.60. The third kappa shape index (κ3) is 5.79. The van der Waals surface area contributed by atoms with Gasteiger partial charge in [0, 0.05) is 38.2 Å². The topological polar surface area (TPSA) is 49.4 Å². The van der Waals surface area contributed by atoms with E-state index in [0.717, 1.165) is 18.6 Å². The van der Waals surface area contributed by atoms with Crippen LogP contribution in [0.1, 0.15) is 33.6 Å². The van der Waals surface area contributed by atoms with Crippen molar-refractivity contribution in [1.82, 2.24) is 5.32 Å². The van der Waals surface area contributed by atoms with E-state index in [2.05, 4.69) is 19.2 Å². The van der Waals surface area contributed by atoms with Crippen LogP contribution in [0.15, 0.2) is 18.2 Å². The second-order valence-electron chi connectivity index (χ2n) is 5.55. The Kier molecular flexibility index (Phi) is 6.95. The summed E-state index contributed by atoms with van der Waals surface area (Å²) in [5.41, 5.74) is 0.237. The monoisotopic (exact) mass is 312 g/mol. The molecule has 0 aliphatic heterocycles. The van der Waals surface area contributed by atoms with Crippen molar-refractivity contribution in [2.75, 3.05) is 18.0 Å². The quantitative estimate of drug-likeness (QED) is 0.841. The molecule has 0 bridgehead atoms. The molecule has 1 aromatic rings. The highest BCUT2D eigenvalue weighted by Gasteiger charge is 2.15. The molecular formula is C16H22F2N2O2. The lowest BCUT2D eigenvalue weighted by molar-refractivity contribution is -0.121. The van der Waals surface area contributed by atoms with Gasteiger partial charge in [-0.15, -0.1) is 0 Å². The first-order valence-corrected chi connectivity index (χ1v) is 7.31. The van der Waals surface area contributed by atoms with Crippen LogP contribution >= 0.6 is 0 Å². The van der Waals surface area contributed by atoms with Gasteiger partial charge in [-0.3, -0.25) is 9.59 Å². The van der Waals surface area contributed by atoms with Gasteiger partial charge in [0.05, 0.1) is 0 Å². The molecule has 0 aliphatic carbocycles. The highest BCUT2D eigenvalue weighted by Crippen LogP contribution is 2.18. The molecule has 0 fully saturated rings. The Bertz CT molecular complexity index is 533. The minimum atomic E-state index is -1.02. The third-order valence-electron chi connectivity index (χ3n) is 3.20. The Labute approximate surface area is 129 Å². The minimum absolute atomic E-state index is 0.108. The summed E-state index contributed by atoms with van der Waals surface area (Å²) in [4.78, 5) is 24.6. The molecule has 1 aromatic carbocycles. The Morgan fingerprint density at radius 1 is 1.23 bits per heavy atom. The summed E-state index contributed by atoms with van der Waals surface area (Å²) >= 11 is 0. The zero-order chi connectivity index (χ0) is 16.7. The van der Waals surface area contributed by atoms with Gasteiger partial charge in [0.2, 0.25) is 11.8 Å². The number of halogens is 2. The molecule has 0 aliphatic rings. The number of nitrogens with one attached hydrogen (secondary N) is 1. The van der Waals surface area contributed by atoms with E-state index in [9.17, 15) is 18.4 Å². The molecule has 0 radical (unpaired) electrons. The number of rotatable bonds is 7. The van der Waals surface area contributed by atoms with E-state index in [1.807, 2.05) is 0 Å². The van der Waals surface area contributed by atoms with Crippen LogP contribution in [0.4, 0.5) is 14.5 Å². The summed E-state index contributed by atoms with van der Waals surface area (Å²) in [6.45, 7) is 6.15. The second-order valence-corrected chi connectivity index (χ2v) is 5.55. The van der Waals surface area contributed by atoms with Gasteiger partial charge in [-0.2, -0.15) is 0 Å². The number of amides is 2. The molecular weight excluding hydrogens is 290 g/mol. The Morgan fingerprint density at radius 2 is 1.91 bits per heavy atom. The number of carbonyl (C=O) groups is 2. The summed E-state index contributed by atoms with van der Waals surface area (Å²) in [6.07, 6.45) is 0.988. The van der Waals surface area contributed by atoms with Gasteiger partial charge in [-0.1, -0.05) is 13.8 Å². The van der Waals surface area contributed by atoms with Gasteiger partial charge < -0.3 is 10.2 Å². The van der Waals surface area contributed by atoms with Crippen molar-refractivity contribution >= 4 is 17.5 Å². The van der Waals surface area contributed by atoms with E-state index in [4.69, 9.17) is 0 Å². The third-order valence-corrected chi connectivity index (χ3v) is 3.20. The van der Waals surface area contributed by atoms with E-state index < -0.39 is 11.6 Å².